The molecule has 144 valence electrons. The Morgan fingerprint density at radius 1 is 1.27 bits per heavy atom. The van der Waals surface area contributed by atoms with Crippen molar-refractivity contribution in [3.05, 3.63) is 29.3 Å². The van der Waals surface area contributed by atoms with Crippen molar-refractivity contribution < 1.29 is 4.74 Å². The van der Waals surface area contributed by atoms with Gasteiger partial charge in [-0.1, -0.05) is 25.0 Å². The Morgan fingerprint density at radius 3 is 2.81 bits per heavy atom. The topological polar surface area (TPSA) is 48.9 Å². The molecule has 1 atom stereocenters. The SMILES string of the molecule is CCNC(=NCc1ccc(C)c(OC)c1)NC1CCN(C2CCCC2)C1. The van der Waals surface area contributed by atoms with Crippen molar-refractivity contribution in [1.29, 1.82) is 0 Å². The van der Waals surface area contributed by atoms with E-state index < -0.39 is 0 Å². The highest BCUT2D eigenvalue weighted by atomic mass is 16.5. The van der Waals surface area contributed by atoms with Gasteiger partial charge in [-0.25, -0.2) is 4.99 Å². The molecule has 1 saturated carbocycles. The minimum atomic E-state index is 0.501. The number of guanidine groups is 1. The van der Waals surface area contributed by atoms with Crippen LogP contribution in [0.25, 0.3) is 0 Å². The van der Waals surface area contributed by atoms with Crippen molar-refractivity contribution in [2.75, 3.05) is 26.7 Å². The molecule has 0 bridgehead atoms. The van der Waals surface area contributed by atoms with E-state index in [1.54, 1.807) is 7.11 Å². The van der Waals surface area contributed by atoms with Gasteiger partial charge in [0.1, 0.15) is 5.75 Å². The number of methoxy groups -OCH3 is 1. The van der Waals surface area contributed by atoms with Crippen LogP contribution in [0.1, 0.15) is 50.2 Å². The first-order chi connectivity index (χ1) is 12.7. The lowest BCUT2D eigenvalue weighted by atomic mass is 10.1. The van der Waals surface area contributed by atoms with Gasteiger partial charge in [0.25, 0.3) is 0 Å². The first kappa shape index (κ1) is 19.0. The molecule has 0 spiro atoms. The average Bonchev–Trinajstić information content (AvgIpc) is 3.32. The van der Waals surface area contributed by atoms with E-state index in [1.807, 2.05) is 0 Å². The van der Waals surface area contributed by atoms with Gasteiger partial charge >= 0.3 is 0 Å². The van der Waals surface area contributed by atoms with Crippen LogP contribution in [0.5, 0.6) is 5.75 Å². The molecule has 1 aromatic carbocycles. The Morgan fingerprint density at radius 2 is 2.08 bits per heavy atom. The molecule has 0 amide bonds. The molecule has 5 nitrogen and oxygen atoms in total. The van der Waals surface area contributed by atoms with Gasteiger partial charge in [-0.05, 0) is 50.3 Å². The molecule has 5 heteroatoms. The van der Waals surface area contributed by atoms with Crippen LogP contribution in [-0.2, 0) is 6.54 Å². The number of aryl methyl sites for hydroxylation is 1. The number of rotatable bonds is 6. The normalized spacial score (nSPS) is 22.0. The van der Waals surface area contributed by atoms with Crippen LogP contribution in [0.3, 0.4) is 0 Å². The summed E-state index contributed by atoms with van der Waals surface area (Å²) in [5.41, 5.74) is 2.33. The highest BCUT2D eigenvalue weighted by Crippen LogP contribution is 2.26. The van der Waals surface area contributed by atoms with E-state index in [1.165, 1.54) is 44.2 Å². The molecule has 2 N–H and O–H groups in total. The second-order valence-electron chi connectivity index (χ2n) is 7.56. The number of benzene rings is 1. The lowest BCUT2D eigenvalue weighted by Crippen LogP contribution is -2.45. The van der Waals surface area contributed by atoms with Crippen molar-refractivity contribution in [1.82, 2.24) is 15.5 Å². The molecule has 1 aromatic rings. The number of aliphatic imine (C=N–C) groups is 1. The maximum absolute atomic E-state index is 5.42. The van der Waals surface area contributed by atoms with Gasteiger partial charge in [-0.15, -0.1) is 0 Å². The molecule has 0 aromatic heterocycles. The monoisotopic (exact) mass is 358 g/mol. The molecule has 1 saturated heterocycles. The number of hydrogen-bond donors (Lipinski definition) is 2. The maximum atomic E-state index is 5.42. The first-order valence-electron chi connectivity index (χ1n) is 10.1. The summed E-state index contributed by atoms with van der Waals surface area (Å²) in [4.78, 5) is 7.47. The fourth-order valence-electron chi connectivity index (χ4n) is 4.15. The lowest BCUT2D eigenvalue weighted by molar-refractivity contribution is 0.242. The summed E-state index contributed by atoms with van der Waals surface area (Å²) in [6.45, 7) is 8.08. The summed E-state index contributed by atoms with van der Waals surface area (Å²) in [5.74, 6) is 1.85. The van der Waals surface area contributed by atoms with Crippen molar-refractivity contribution in [3.8, 4) is 5.75 Å². The third kappa shape index (κ3) is 4.91. The van der Waals surface area contributed by atoms with E-state index >= 15 is 0 Å². The zero-order chi connectivity index (χ0) is 18.4. The average molecular weight is 359 g/mol. The van der Waals surface area contributed by atoms with Crippen LogP contribution in [-0.4, -0.2) is 49.7 Å². The van der Waals surface area contributed by atoms with Gasteiger partial charge in [-0.2, -0.15) is 0 Å². The Hall–Kier alpha value is -1.75. The third-order valence-electron chi connectivity index (χ3n) is 5.64. The number of hydrogen-bond acceptors (Lipinski definition) is 3. The number of ether oxygens (including phenoxy) is 1. The van der Waals surface area contributed by atoms with Gasteiger partial charge in [0, 0.05) is 31.7 Å². The predicted molar refractivity (Wildman–Crippen MR) is 108 cm³/mol. The maximum Gasteiger partial charge on any atom is 0.191 e. The molecule has 2 aliphatic rings. The van der Waals surface area contributed by atoms with Gasteiger partial charge in [0.15, 0.2) is 5.96 Å². The molecule has 1 heterocycles. The molecule has 0 radical (unpaired) electrons. The molecule has 26 heavy (non-hydrogen) atoms. The summed E-state index contributed by atoms with van der Waals surface area (Å²) in [7, 11) is 1.72. The van der Waals surface area contributed by atoms with Crippen LogP contribution >= 0.6 is 0 Å². The number of nitrogens with zero attached hydrogens (tertiary/aromatic N) is 2. The summed E-state index contributed by atoms with van der Waals surface area (Å²) in [5, 5.41) is 7.04. The van der Waals surface area contributed by atoms with Crippen LogP contribution in [0.4, 0.5) is 0 Å². The Bertz CT molecular complexity index is 610. The van der Waals surface area contributed by atoms with E-state index in [9.17, 15) is 0 Å². The summed E-state index contributed by atoms with van der Waals surface area (Å²) >= 11 is 0. The van der Waals surface area contributed by atoms with Gasteiger partial charge < -0.3 is 15.4 Å². The van der Waals surface area contributed by atoms with E-state index in [-0.39, 0.29) is 0 Å². The fourth-order valence-corrected chi connectivity index (χ4v) is 4.15. The molecule has 1 unspecified atom stereocenters. The zero-order valence-electron chi connectivity index (χ0n) is 16.6. The van der Waals surface area contributed by atoms with E-state index in [2.05, 4.69) is 47.6 Å². The number of likely N-dealkylation sites (tertiary alicyclic amines) is 1. The number of nitrogens with one attached hydrogen (secondary N) is 2. The minimum Gasteiger partial charge on any atom is -0.496 e. The standard InChI is InChI=1S/C21H34N4O/c1-4-22-21(23-14-17-10-9-16(2)20(13-17)26-3)24-18-11-12-25(15-18)19-7-5-6-8-19/h9-10,13,18-19H,4-8,11-12,14-15H2,1-3H3,(H2,22,23,24). The molecular formula is C21H34N4O. The van der Waals surface area contributed by atoms with Crippen LogP contribution < -0.4 is 15.4 Å². The summed E-state index contributed by atoms with van der Waals surface area (Å²) in [6, 6.07) is 7.63. The molecule has 3 rings (SSSR count). The van der Waals surface area contributed by atoms with Gasteiger partial charge in [-0.3, -0.25) is 4.90 Å². The van der Waals surface area contributed by atoms with Crippen molar-refractivity contribution >= 4 is 5.96 Å². The smallest absolute Gasteiger partial charge is 0.191 e. The third-order valence-corrected chi connectivity index (χ3v) is 5.64. The van der Waals surface area contributed by atoms with Crippen molar-refractivity contribution in [2.24, 2.45) is 4.99 Å². The fraction of sp³-hybridized carbons (Fsp3) is 0.667. The quantitative estimate of drug-likeness (QED) is 0.606. The van der Waals surface area contributed by atoms with Crippen LogP contribution in [0.15, 0.2) is 23.2 Å². The Balaban J connectivity index is 1.57. The Labute approximate surface area is 158 Å². The van der Waals surface area contributed by atoms with E-state index in [0.29, 0.717) is 12.6 Å². The van der Waals surface area contributed by atoms with E-state index in [0.717, 1.165) is 36.4 Å². The highest BCUT2D eigenvalue weighted by Gasteiger charge is 2.30. The lowest BCUT2D eigenvalue weighted by Gasteiger charge is -2.24. The first-order valence-corrected chi connectivity index (χ1v) is 10.1. The minimum absolute atomic E-state index is 0.501. The van der Waals surface area contributed by atoms with Gasteiger partial charge in [0.05, 0.1) is 13.7 Å². The summed E-state index contributed by atoms with van der Waals surface area (Å²) < 4.78 is 5.42. The second-order valence-corrected chi connectivity index (χ2v) is 7.56. The second kappa shape index (κ2) is 9.26. The van der Waals surface area contributed by atoms with Crippen molar-refractivity contribution in [3.63, 3.8) is 0 Å². The largest absolute Gasteiger partial charge is 0.496 e. The molecule has 2 fully saturated rings. The predicted octanol–water partition coefficient (Wildman–Crippen LogP) is 3.08. The van der Waals surface area contributed by atoms with Crippen LogP contribution in [0.2, 0.25) is 0 Å². The zero-order valence-corrected chi connectivity index (χ0v) is 16.6. The van der Waals surface area contributed by atoms with E-state index in [4.69, 9.17) is 9.73 Å². The molecule has 1 aliphatic carbocycles. The van der Waals surface area contributed by atoms with Crippen LogP contribution in [0, 0.1) is 6.92 Å². The highest BCUT2D eigenvalue weighted by molar-refractivity contribution is 5.80. The van der Waals surface area contributed by atoms with Gasteiger partial charge in [0.2, 0.25) is 0 Å². The molecule has 1 aliphatic heterocycles. The molecular weight excluding hydrogens is 324 g/mol. The Kier molecular flexibility index (Phi) is 6.78. The van der Waals surface area contributed by atoms with Crippen molar-refractivity contribution in [2.45, 2.75) is 64.6 Å². The summed E-state index contributed by atoms with van der Waals surface area (Å²) in [6.07, 6.45) is 6.79.